The molecule has 1 saturated carbocycles. The standard InChI is InChI=1S/C10H14N4/c11-10(14-9-1-2-9)13-7-8-3-5-12-6-4-8/h3-6,9H,1-2,7H2,(H3,11,13,14). The van der Waals surface area contributed by atoms with Gasteiger partial charge in [0.2, 0.25) is 0 Å². The molecule has 4 heteroatoms. The van der Waals surface area contributed by atoms with Gasteiger partial charge in [0, 0.05) is 18.4 Å². The number of aliphatic imine (C=N–C) groups is 1. The van der Waals surface area contributed by atoms with E-state index >= 15 is 0 Å². The highest BCUT2D eigenvalue weighted by molar-refractivity contribution is 5.78. The third kappa shape index (κ3) is 2.73. The van der Waals surface area contributed by atoms with Crippen molar-refractivity contribution in [2.45, 2.75) is 25.4 Å². The average Bonchev–Trinajstić information content (AvgIpc) is 3.00. The molecule has 1 heterocycles. The maximum absolute atomic E-state index is 5.69. The first-order chi connectivity index (χ1) is 6.84. The molecule has 1 aromatic heterocycles. The van der Waals surface area contributed by atoms with E-state index < -0.39 is 0 Å². The minimum absolute atomic E-state index is 0.546. The fourth-order valence-electron chi connectivity index (χ4n) is 1.15. The minimum atomic E-state index is 0.546. The highest BCUT2D eigenvalue weighted by atomic mass is 15.1. The molecule has 1 aliphatic carbocycles. The zero-order valence-electron chi connectivity index (χ0n) is 7.98. The number of rotatable bonds is 3. The van der Waals surface area contributed by atoms with Crippen molar-refractivity contribution >= 4 is 5.96 Å². The van der Waals surface area contributed by atoms with Crippen molar-refractivity contribution < 1.29 is 0 Å². The molecular formula is C10H14N4. The van der Waals surface area contributed by atoms with Crippen LogP contribution in [0.5, 0.6) is 0 Å². The molecule has 0 atom stereocenters. The molecule has 0 spiro atoms. The second kappa shape index (κ2) is 4.09. The van der Waals surface area contributed by atoms with E-state index in [-0.39, 0.29) is 0 Å². The molecule has 0 saturated heterocycles. The zero-order chi connectivity index (χ0) is 9.80. The molecule has 14 heavy (non-hydrogen) atoms. The lowest BCUT2D eigenvalue weighted by atomic mass is 10.3. The van der Waals surface area contributed by atoms with E-state index in [4.69, 9.17) is 5.73 Å². The van der Waals surface area contributed by atoms with Crippen molar-refractivity contribution in [3.8, 4) is 0 Å². The first kappa shape index (κ1) is 8.99. The Hall–Kier alpha value is -1.58. The predicted octanol–water partition coefficient (Wildman–Crippen LogP) is 0.648. The second-order valence-corrected chi connectivity index (χ2v) is 3.48. The largest absolute Gasteiger partial charge is 0.370 e. The van der Waals surface area contributed by atoms with E-state index in [2.05, 4.69) is 15.3 Å². The average molecular weight is 190 g/mol. The Labute approximate surface area is 83.3 Å². The highest BCUT2D eigenvalue weighted by Crippen LogP contribution is 2.18. The maximum Gasteiger partial charge on any atom is 0.189 e. The Morgan fingerprint density at radius 3 is 2.86 bits per heavy atom. The summed E-state index contributed by atoms with van der Waals surface area (Å²) in [7, 11) is 0. The lowest BCUT2D eigenvalue weighted by Crippen LogP contribution is -2.33. The molecule has 0 unspecified atom stereocenters. The molecule has 74 valence electrons. The van der Waals surface area contributed by atoms with Crippen LogP contribution in [0.1, 0.15) is 18.4 Å². The van der Waals surface area contributed by atoms with E-state index in [0.717, 1.165) is 5.56 Å². The van der Waals surface area contributed by atoms with Crippen molar-refractivity contribution in [2.24, 2.45) is 10.7 Å². The monoisotopic (exact) mass is 190 g/mol. The number of nitrogens with zero attached hydrogens (tertiary/aromatic N) is 2. The maximum atomic E-state index is 5.69. The first-order valence-corrected chi connectivity index (χ1v) is 4.80. The third-order valence-electron chi connectivity index (χ3n) is 2.11. The van der Waals surface area contributed by atoms with Gasteiger partial charge in [0.05, 0.1) is 6.54 Å². The Balaban J connectivity index is 1.85. The van der Waals surface area contributed by atoms with Gasteiger partial charge >= 0.3 is 0 Å². The van der Waals surface area contributed by atoms with Crippen LogP contribution in [0.3, 0.4) is 0 Å². The van der Waals surface area contributed by atoms with Crippen molar-refractivity contribution in [1.29, 1.82) is 0 Å². The molecule has 0 bridgehead atoms. The molecule has 0 aromatic carbocycles. The quantitative estimate of drug-likeness (QED) is 0.543. The van der Waals surface area contributed by atoms with E-state index in [1.807, 2.05) is 12.1 Å². The highest BCUT2D eigenvalue weighted by Gasteiger charge is 2.21. The van der Waals surface area contributed by atoms with E-state index in [9.17, 15) is 0 Å². The van der Waals surface area contributed by atoms with Crippen LogP contribution >= 0.6 is 0 Å². The van der Waals surface area contributed by atoms with Gasteiger partial charge in [0.1, 0.15) is 0 Å². The number of guanidine groups is 1. The summed E-state index contributed by atoms with van der Waals surface area (Å²) in [6.45, 7) is 0.619. The summed E-state index contributed by atoms with van der Waals surface area (Å²) in [5.41, 5.74) is 6.81. The van der Waals surface area contributed by atoms with Gasteiger partial charge < -0.3 is 11.1 Å². The van der Waals surface area contributed by atoms with E-state index in [0.29, 0.717) is 18.5 Å². The van der Waals surface area contributed by atoms with Gasteiger partial charge in [-0.3, -0.25) is 4.98 Å². The minimum Gasteiger partial charge on any atom is -0.370 e. The molecule has 0 radical (unpaired) electrons. The van der Waals surface area contributed by atoms with Crippen LogP contribution in [-0.2, 0) is 6.54 Å². The summed E-state index contributed by atoms with van der Waals surface area (Å²) in [5.74, 6) is 0.546. The van der Waals surface area contributed by atoms with Crippen LogP contribution in [0, 0.1) is 0 Å². The van der Waals surface area contributed by atoms with Gasteiger partial charge in [-0.15, -0.1) is 0 Å². The number of aromatic nitrogens is 1. The normalized spacial score (nSPS) is 16.7. The summed E-state index contributed by atoms with van der Waals surface area (Å²) >= 11 is 0. The SMILES string of the molecule is NC(=NCc1ccncc1)NC1CC1. The molecule has 1 aliphatic rings. The Bertz CT molecular complexity index is 316. The predicted molar refractivity (Wildman–Crippen MR) is 55.7 cm³/mol. The Kier molecular flexibility index (Phi) is 2.62. The second-order valence-electron chi connectivity index (χ2n) is 3.48. The van der Waals surface area contributed by atoms with Crippen molar-refractivity contribution in [3.05, 3.63) is 30.1 Å². The smallest absolute Gasteiger partial charge is 0.189 e. The summed E-state index contributed by atoms with van der Waals surface area (Å²) < 4.78 is 0. The van der Waals surface area contributed by atoms with Gasteiger partial charge in [0.15, 0.2) is 5.96 Å². The van der Waals surface area contributed by atoms with Crippen molar-refractivity contribution in [1.82, 2.24) is 10.3 Å². The van der Waals surface area contributed by atoms with Crippen molar-refractivity contribution in [3.63, 3.8) is 0 Å². The van der Waals surface area contributed by atoms with Crippen LogP contribution in [0.2, 0.25) is 0 Å². The molecule has 3 N–H and O–H groups in total. The zero-order valence-corrected chi connectivity index (χ0v) is 7.98. The van der Waals surface area contributed by atoms with Crippen molar-refractivity contribution in [2.75, 3.05) is 0 Å². The molecular weight excluding hydrogens is 176 g/mol. The van der Waals surface area contributed by atoms with Crippen LogP contribution in [0.15, 0.2) is 29.5 Å². The third-order valence-corrected chi connectivity index (χ3v) is 2.11. The van der Waals surface area contributed by atoms with Crippen LogP contribution in [0.25, 0.3) is 0 Å². The van der Waals surface area contributed by atoms with Crippen LogP contribution < -0.4 is 11.1 Å². The summed E-state index contributed by atoms with van der Waals surface area (Å²) in [6, 6.07) is 4.44. The number of pyridine rings is 1. The van der Waals surface area contributed by atoms with Gasteiger partial charge in [-0.25, -0.2) is 4.99 Å². The number of nitrogens with two attached hydrogens (primary N) is 1. The number of hydrogen-bond acceptors (Lipinski definition) is 2. The molecule has 0 amide bonds. The van der Waals surface area contributed by atoms with Gasteiger partial charge in [-0.05, 0) is 30.5 Å². The first-order valence-electron chi connectivity index (χ1n) is 4.80. The number of nitrogens with one attached hydrogen (secondary N) is 1. The van der Waals surface area contributed by atoms with Crippen LogP contribution in [0.4, 0.5) is 0 Å². The summed E-state index contributed by atoms with van der Waals surface area (Å²) in [4.78, 5) is 8.17. The lowest BCUT2D eigenvalue weighted by molar-refractivity contribution is 0.878. The van der Waals surface area contributed by atoms with E-state index in [1.54, 1.807) is 12.4 Å². The van der Waals surface area contributed by atoms with Gasteiger partial charge in [-0.2, -0.15) is 0 Å². The Morgan fingerprint density at radius 2 is 2.21 bits per heavy atom. The topological polar surface area (TPSA) is 63.3 Å². The van der Waals surface area contributed by atoms with Gasteiger partial charge in [0.25, 0.3) is 0 Å². The van der Waals surface area contributed by atoms with Gasteiger partial charge in [-0.1, -0.05) is 0 Å². The molecule has 0 aliphatic heterocycles. The molecule has 1 fully saturated rings. The van der Waals surface area contributed by atoms with E-state index in [1.165, 1.54) is 12.8 Å². The summed E-state index contributed by atoms with van der Waals surface area (Å²) in [5, 5.41) is 3.14. The Morgan fingerprint density at radius 1 is 1.50 bits per heavy atom. The summed E-state index contributed by atoms with van der Waals surface area (Å²) in [6.07, 6.45) is 5.95. The van der Waals surface area contributed by atoms with Crippen LogP contribution in [-0.4, -0.2) is 17.0 Å². The molecule has 2 rings (SSSR count). The fourth-order valence-corrected chi connectivity index (χ4v) is 1.15. The molecule has 4 nitrogen and oxygen atoms in total. The lowest BCUT2D eigenvalue weighted by Gasteiger charge is -2.02. The number of hydrogen-bond donors (Lipinski definition) is 2. The molecule has 1 aromatic rings. The fraction of sp³-hybridized carbons (Fsp3) is 0.400.